The fraction of sp³-hybridized carbons (Fsp3) is 0.867. The first-order chi connectivity index (χ1) is 15.5. The molecule has 4 aliphatic carbocycles. The monoisotopic (exact) mass is 476 g/mol. The molecule has 0 spiro atoms. The van der Waals surface area contributed by atoms with Crippen LogP contribution in [0.2, 0.25) is 0 Å². The maximum Gasteiger partial charge on any atom is 0.0753 e. The first kappa shape index (κ1) is 27.9. The third-order valence-corrected chi connectivity index (χ3v) is 9.87. The summed E-state index contributed by atoms with van der Waals surface area (Å²) in [5.74, 6) is 1.90. The smallest absolute Gasteiger partial charge is 0.0753 e. The molecular formula is C30H52O4. The summed E-state index contributed by atoms with van der Waals surface area (Å²) >= 11 is 0. The van der Waals surface area contributed by atoms with E-state index in [1.54, 1.807) is 0 Å². The van der Waals surface area contributed by atoms with Crippen LogP contribution in [-0.4, -0.2) is 43.8 Å². The van der Waals surface area contributed by atoms with Crippen molar-refractivity contribution in [2.24, 2.45) is 34.5 Å². The van der Waals surface area contributed by atoms with Gasteiger partial charge in [0.05, 0.1) is 23.4 Å². The van der Waals surface area contributed by atoms with Gasteiger partial charge >= 0.3 is 0 Å². The van der Waals surface area contributed by atoms with Gasteiger partial charge in [-0.25, -0.2) is 0 Å². The summed E-state index contributed by atoms with van der Waals surface area (Å²) in [6, 6.07) is 0. The second-order valence-corrected chi connectivity index (χ2v) is 14.3. The third kappa shape index (κ3) is 5.99. The maximum atomic E-state index is 10.8. The van der Waals surface area contributed by atoms with Crippen LogP contribution in [0.15, 0.2) is 24.3 Å². The molecule has 4 fully saturated rings. The number of aliphatic hydroxyl groups excluding tert-OH is 2. The molecule has 4 heteroatoms. The lowest BCUT2D eigenvalue weighted by Gasteiger charge is -2.42. The molecule has 0 radical (unpaired) electrons. The van der Waals surface area contributed by atoms with Gasteiger partial charge in [-0.15, -0.1) is 0 Å². The average Bonchev–Trinajstić information content (AvgIpc) is 3.11. The predicted molar refractivity (Wildman–Crippen MR) is 139 cm³/mol. The first-order valence-corrected chi connectivity index (χ1v) is 13.6. The largest absolute Gasteiger partial charge is 0.389 e. The highest BCUT2D eigenvalue weighted by Gasteiger charge is 2.50. The predicted octanol–water partition coefficient (Wildman–Crippen LogP) is 5.78. The van der Waals surface area contributed by atoms with E-state index in [1.165, 1.54) is 0 Å². The highest BCUT2D eigenvalue weighted by Crippen LogP contribution is 2.53. The second kappa shape index (κ2) is 9.65. The molecule has 4 rings (SSSR count). The molecule has 4 saturated carbocycles. The van der Waals surface area contributed by atoms with Crippen LogP contribution in [0.5, 0.6) is 0 Å². The minimum atomic E-state index is -0.616. The summed E-state index contributed by atoms with van der Waals surface area (Å²) in [7, 11) is 0. The Morgan fingerprint density at radius 1 is 0.647 bits per heavy atom. The molecule has 4 nitrogen and oxygen atoms in total. The van der Waals surface area contributed by atoms with Crippen LogP contribution >= 0.6 is 0 Å². The summed E-state index contributed by atoms with van der Waals surface area (Å²) in [6.07, 6.45) is 7.73. The molecule has 8 atom stereocenters. The molecule has 196 valence electrons. The van der Waals surface area contributed by atoms with Crippen LogP contribution < -0.4 is 0 Å². The van der Waals surface area contributed by atoms with Gasteiger partial charge in [0.15, 0.2) is 0 Å². The molecule has 4 aliphatic rings. The highest BCUT2D eigenvalue weighted by atomic mass is 16.3. The molecule has 0 saturated heterocycles. The number of hydrogen-bond acceptors (Lipinski definition) is 4. The Morgan fingerprint density at radius 2 is 0.971 bits per heavy atom. The van der Waals surface area contributed by atoms with E-state index in [0.29, 0.717) is 36.5 Å². The Kier molecular flexibility index (Phi) is 7.92. The lowest BCUT2D eigenvalue weighted by molar-refractivity contribution is -0.0426. The van der Waals surface area contributed by atoms with Crippen molar-refractivity contribution in [3.63, 3.8) is 0 Å². The van der Waals surface area contributed by atoms with E-state index in [2.05, 4.69) is 54.7 Å². The molecule has 0 amide bonds. The van der Waals surface area contributed by atoms with Crippen molar-refractivity contribution in [1.29, 1.82) is 0 Å². The van der Waals surface area contributed by atoms with Gasteiger partial charge in [-0.1, -0.05) is 54.7 Å². The molecule has 0 unspecified atom stereocenters. The molecule has 4 N–H and O–H groups in total. The third-order valence-electron chi connectivity index (χ3n) is 9.87. The van der Waals surface area contributed by atoms with Gasteiger partial charge in [0, 0.05) is 0 Å². The van der Waals surface area contributed by atoms with E-state index in [4.69, 9.17) is 0 Å². The number of fused-ring (bicyclic) bond motifs is 2. The number of aliphatic hydroxyl groups is 4. The van der Waals surface area contributed by atoms with Gasteiger partial charge in [-0.3, -0.25) is 0 Å². The van der Waals surface area contributed by atoms with Crippen molar-refractivity contribution < 1.29 is 20.4 Å². The Balaban J connectivity index is 0.000000191. The normalized spacial score (nSPS) is 46.2. The molecule has 0 bridgehead atoms. The van der Waals surface area contributed by atoms with E-state index >= 15 is 0 Å². The minimum absolute atomic E-state index is 0.0834. The van der Waals surface area contributed by atoms with Gasteiger partial charge in [-0.05, 0) is 110 Å². The Bertz CT molecular complexity index is 706. The van der Waals surface area contributed by atoms with E-state index in [1.807, 2.05) is 0 Å². The Morgan fingerprint density at radius 3 is 1.29 bits per heavy atom. The van der Waals surface area contributed by atoms with Crippen molar-refractivity contribution in [2.75, 3.05) is 0 Å². The van der Waals surface area contributed by atoms with Crippen molar-refractivity contribution in [1.82, 2.24) is 0 Å². The van der Waals surface area contributed by atoms with Crippen LogP contribution in [0.1, 0.15) is 106 Å². The molecular weight excluding hydrogens is 424 g/mol. The zero-order valence-corrected chi connectivity index (χ0v) is 22.7. The SMILES string of the molecule is C=C1C[C@@]2(O)CC[C@@H](C)[C@@H]2CC(C)(C)C[C@H]1O.C=C1C[C@@]2(O)CC[C@@H](C)[C@@H]2CC(C)(C)C[C@H]1O. The van der Waals surface area contributed by atoms with Crippen molar-refractivity contribution >= 4 is 0 Å². The second-order valence-electron chi connectivity index (χ2n) is 14.3. The Hall–Kier alpha value is -0.680. The topological polar surface area (TPSA) is 80.9 Å². The van der Waals surface area contributed by atoms with Crippen LogP contribution in [-0.2, 0) is 0 Å². The number of rotatable bonds is 0. The van der Waals surface area contributed by atoms with Gasteiger partial charge in [0.2, 0.25) is 0 Å². The zero-order chi connectivity index (χ0) is 25.7. The molecule has 0 aliphatic heterocycles. The molecule has 0 aromatic heterocycles. The van der Waals surface area contributed by atoms with Crippen LogP contribution in [0.4, 0.5) is 0 Å². The lowest BCUT2D eigenvalue weighted by atomic mass is 9.67. The van der Waals surface area contributed by atoms with Gasteiger partial charge in [-0.2, -0.15) is 0 Å². The first-order valence-electron chi connectivity index (χ1n) is 13.6. The van der Waals surface area contributed by atoms with Crippen molar-refractivity contribution in [3.8, 4) is 0 Å². The quantitative estimate of drug-likeness (QED) is 0.334. The summed E-state index contributed by atoms with van der Waals surface area (Å²) in [6.45, 7) is 21.2. The van der Waals surface area contributed by atoms with Crippen molar-refractivity contribution in [2.45, 2.75) is 129 Å². The zero-order valence-electron chi connectivity index (χ0n) is 22.7. The standard InChI is InChI=1S/2C15H26O2/c2*1-10-5-6-15(17)7-11(2)13(16)9-14(3,4)8-12(10)15/h2*10,12-13,16-17H,2,5-9H2,1,3-4H3/t2*10-,12+,13-,15+/m11/s1. The van der Waals surface area contributed by atoms with Crippen molar-refractivity contribution in [3.05, 3.63) is 24.3 Å². The summed E-state index contributed by atoms with van der Waals surface area (Å²) in [4.78, 5) is 0. The van der Waals surface area contributed by atoms with Gasteiger partial charge < -0.3 is 20.4 Å². The fourth-order valence-corrected chi connectivity index (χ4v) is 7.72. The van der Waals surface area contributed by atoms with E-state index in [9.17, 15) is 20.4 Å². The maximum absolute atomic E-state index is 10.8. The highest BCUT2D eigenvalue weighted by molar-refractivity contribution is 5.15. The van der Waals surface area contributed by atoms with Gasteiger partial charge in [0.25, 0.3) is 0 Å². The van der Waals surface area contributed by atoms with Gasteiger partial charge in [0.1, 0.15) is 0 Å². The molecule has 34 heavy (non-hydrogen) atoms. The Labute approximate surface area is 208 Å². The number of hydrogen-bond donors (Lipinski definition) is 4. The minimum Gasteiger partial charge on any atom is -0.389 e. The van der Waals surface area contributed by atoms with E-state index in [0.717, 1.165) is 62.5 Å². The van der Waals surface area contributed by atoms with Crippen LogP contribution in [0.25, 0.3) is 0 Å². The summed E-state index contributed by atoms with van der Waals surface area (Å²) < 4.78 is 0. The summed E-state index contributed by atoms with van der Waals surface area (Å²) in [5, 5.41) is 41.9. The fourth-order valence-electron chi connectivity index (χ4n) is 7.72. The van der Waals surface area contributed by atoms with Crippen LogP contribution in [0.3, 0.4) is 0 Å². The summed E-state index contributed by atoms with van der Waals surface area (Å²) in [5.41, 5.74) is 0.573. The average molecular weight is 477 g/mol. The van der Waals surface area contributed by atoms with E-state index < -0.39 is 23.4 Å². The molecule has 0 aromatic rings. The van der Waals surface area contributed by atoms with E-state index in [-0.39, 0.29) is 10.8 Å². The molecule has 0 heterocycles. The molecule has 0 aromatic carbocycles. The lowest BCUT2D eigenvalue weighted by Crippen LogP contribution is -2.42. The van der Waals surface area contributed by atoms with Crippen LogP contribution in [0, 0.1) is 34.5 Å².